The Kier molecular flexibility index (Phi) is 4.75. The molecule has 0 radical (unpaired) electrons. The van der Waals surface area contributed by atoms with E-state index in [-0.39, 0.29) is 9.92 Å². The zero-order chi connectivity index (χ0) is 14.6. The summed E-state index contributed by atoms with van der Waals surface area (Å²) in [7, 11) is -3.62. The minimum Gasteiger partial charge on any atom is -0.263 e. The van der Waals surface area contributed by atoms with E-state index in [2.05, 4.69) is 9.71 Å². The Labute approximate surface area is 123 Å². The van der Waals surface area contributed by atoms with Crippen molar-refractivity contribution in [2.75, 3.05) is 6.54 Å². The van der Waals surface area contributed by atoms with Crippen molar-refractivity contribution in [3.05, 3.63) is 58.9 Å². The molecule has 20 heavy (non-hydrogen) atoms. The van der Waals surface area contributed by atoms with Gasteiger partial charge in [0.1, 0.15) is 4.90 Å². The Morgan fingerprint density at radius 3 is 2.70 bits per heavy atom. The van der Waals surface area contributed by atoms with Crippen molar-refractivity contribution in [2.24, 2.45) is 0 Å². The van der Waals surface area contributed by atoms with Crippen molar-refractivity contribution >= 4 is 21.6 Å². The summed E-state index contributed by atoms with van der Waals surface area (Å²) < 4.78 is 26.7. The van der Waals surface area contributed by atoms with Gasteiger partial charge in [-0.2, -0.15) is 0 Å². The monoisotopic (exact) mass is 310 g/mol. The number of nitrogens with one attached hydrogen (secondary N) is 1. The summed E-state index contributed by atoms with van der Waals surface area (Å²) in [6.45, 7) is 2.32. The number of sulfonamides is 1. The van der Waals surface area contributed by atoms with E-state index in [1.807, 2.05) is 31.2 Å². The molecule has 0 fully saturated rings. The highest BCUT2D eigenvalue weighted by Crippen LogP contribution is 2.18. The standard InChI is InChI=1S/C14H15ClN2O2S/c1-11-4-2-3-5-12(11)6-9-17-20(18,19)14-10-16-8-7-13(14)15/h2-5,7-8,10,17H,6,9H2,1H3. The molecule has 1 aromatic carbocycles. The van der Waals surface area contributed by atoms with Gasteiger partial charge in [0.15, 0.2) is 0 Å². The van der Waals surface area contributed by atoms with E-state index in [0.717, 1.165) is 11.1 Å². The van der Waals surface area contributed by atoms with Crippen molar-refractivity contribution in [1.82, 2.24) is 9.71 Å². The minimum absolute atomic E-state index is 0.00597. The van der Waals surface area contributed by atoms with Crippen LogP contribution in [0.5, 0.6) is 0 Å². The molecule has 6 heteroatoms. The molecule has 0 spiro atoms. The van der Waals surface area contributed by atoms with E-state index >= 15 is 0 Å². The molecule has 1 N–H and O–H groups in total. The third-order valence-electron chi connectivity index (χ3n) is 2.97. The number of halogens is 1. The maximum Gasteiger partial charge on any atom is 0.243 e. The van der Waals surface area contributed by atoms with E-state index < -0.39 is 10.0 Å². The third kappa shape index (κ3) is 3.56. The molecule has 1 aromatic heterocycles. The van der Waals surface area contributed by atoms with E-state index in [1.54, 1.807) is 0 Å². The fourth-order valence-electron chi connectivity index (χ4n) is 1.85. The highest BCUT2D eigenvalue weighted by Gasteiger charge is 2.17. The minimum atomic E-state index is -3.62. The molecule has 0 saturated carbocycles. The van der Waals surface area contributed by atoms with Crippen LogP contribution in [0.25, 0.3) is 0 Å². The van der Waals surface area contributed by atoms with Gasteiger partial charge >= 0.3 is 0 Å². The summed E-state index contributed by atoms with van der Waals surface area (Å²) in [6.07, 6.45) is 3.33. The fraction of sp³-hybridized carbons (Fsp3) is 0.214. The van der Waals surface area contributed by atoms with Crippen molar-refractivity contribution < 1.29 is 8.42 Å². The Morgan fingerprint density at radius 2 is 2.00 bits per heavy atom. The van der Waals surface area contributed by atoms with Gasteiger partial charge < -0.3 is 0 Å². The van der Waals surface area contributed by atoms with Crippen LogP contribution in [0.3, 0.4) is 0 Å². The second kappa shape index (κ2) is 6.35. The molecule has 0 aliphatic heterocycles. The van der Waals surface area contributed by atoms with Crippen molar-refractivity contribution in [3.63, 3.8) is 0 Å². The lowest BCUT2D eigenvalue weighted by atomic mass is 10.1. The number of nitrogens with zero attached hydrogens (tertiary/aromatic N) is 1. The Bertz CT molecular complexity index is 702. The molecule has 4 nitrogen and oxygen atoms in total. The Morgan fingerprint density at radius 1 is 1.25 bits per heavy atom. The van der Waals surface area contributed by atoms with Gasteiger partial charge in [0, 0.05) is 18.9 Å². The normalized spacial score (nSPS) is 11.5. The van der Waals surface area contributed by atoms with Gasteiger partial charge in [-0.05, 0) is 30.5 Å². The van der Waals surface area contributed by atoms with Crippen LogP contribution >= 0.6 is 11.6 Å². The predicted molar refractivity (Wildman–Crippen MR) is 79.3 cm³/mol. The number of pyridine rings is 1. The second-order valence-corrected chi connectivity index (χ2v) is 6.52. The van der Waals surface area contributed by atoms with Gasteiger partial charge in [0.2, 0.25) is 10.0 Å². The average Bonchev–Trinajstić information content (AvgIpc) is 2.41. The van der Waals surface area contributed by atoms with Crippen LogP contribution in [0.4, 0.5) is 0 Å². The molecule has 0 bridgehead atoms. The second-order valence-electron chi connectivity index (χ2n) is 4.38. The van der Waals surface area contributed by atoms with Crippen molar-refractivity contribution in [3.8, 4) is 0 Å². The summed E-state index contributed by atoms with van der Waals surface area (Å²) in [5, 5.41) is 0.170. The molecular formula is C14H15ClN2O2S. The number of hydrogen-bond donors (Lipinski definition) is 1. The Hall–Kier alpha value is -1.43. The van der Waals surface area contributed by atoms with Gasteiger partial charge in [-0.25, -0.2) is 13.1 Å². The highest BCUT2D eigenvalue weighted by atomic mass is 35.5. The van der Waals surface area contributed by atoms with Gasteiger partial charge in [-0.15, -0.1) is 0 Å². The topological polar surface area (TPSA) is 59.1 Å². The first-order chi connectivity index (χ1) is 9.50. The molecule has 0 unspecified atom stereocenters. The number of rotatable bonds is 5. The largest absolute Gasteiger partial charge is 0.263 e. The summed E-state index contributed by atoms with van der Waals surface area (Å²) in [5.74, 6) is 0. The molecular weight excluding hydrogens is 296 g/mol. The molecule has 1 heterocycles. The third-order valence-corrected chi connectivity index (χ3v) is 4.90. The van der Waals surface area contributed by atoms with Crippen LogP contribution < -0.4 is 4.72 Å². The van der Waals surface area contributed by atoms with Crippen LogP contribution in [-0.2, 0) is 16.4 Å². The maximum atomic E-state index is 12.1. The van der Waals surface area contributed by atoms with Crippen LogP contribution in [0.15, 0.2) is 47.6 Å². The molecule has 0 amide bonds. The van der Waals surface area contributed by atoms with E-state index in [9.17, 15) is 8.42 Å². The fourth-order valence-corrected chi connectivity index (χ4v) is 3.31. The van der Waals surface area contributed by atoms with Crippen LogP contribution in [0.2, 0.25) is 5.02 Å². The Balaban J connectivity index is 2.04. The summed E-state index contributed by atoms with van der Waals surface area (Å²) in [6, 6.07) is 9.34. The molecule has 0 aliphatic rings. The molecule has 0 atom stereocenters. The van der Waals surface area contributed by atoms with Gasteiger partial charge in [0.25, 0.3) is 0 Å². The molecule has 0 saturated heterocycles. The smallest absolute Gasteiger partial charge is 0.243 e. The number of hydrogen-bond acceptors (Lipinski definition) is 3. The van der Waals surface area contributed by atoms with Crippen LogP contribution in [0.1, 0.15) is 11.1 Å². The van der Waals surface area contributed by atoms with Gasteiger partial charge in [0.05, 0.1) is 5.02 Å². The molecule has 2 aromatic rings. The SMILES string of the molecule is Cc1ccccc1CCNS(=O)(=O)c1cnccc1Cl. The summed E-state index contributed by atoms with van der Waals surface area (Å²) in [5.41, 5.74) is 2.26. The van der Waals surface area contributed by atoms with E-state index in [4.69, 9.17) is 11.6 Å². The zero-order valence-electron chi connectivity index (χ0n) is 11.0. The summed E-state index contributed by atoms with van der Waals surface area (Å²) >= 11 is 5.87. The maximum absolute atomic E-state index is 12.1. The molecule has 0 aliphatic carbocycles. The van der Waals surface area contributed by atoms with Crippen molar-refractivity contribution in [2.45, 2.75) is 18.2 Å². The quantitative estimate of drug-likeness (QED) is 0.923. The molecule has 106 valence electrons. The van der Waals surface area contributed by atoms with Gasteiger partial charge in [-0.3, -0.25) is 4.98 Å². The zero-order valence-corrected chi connectivity index (χ0v) is 12.6. The lowest BCUT2D eigenvalue weighted by Gasteiger charge is -2.09. The number of aryl methyl sites for hydroxylation is 1. The predicted octanol–water partition coefficient (Wildman–Crippen LogP) is 2.56. The summed E-state index contributed by atoms with van der Waals surface area (Å²) in [4.78, 5) is 3.79. The average molecular weight is 311 g/mol. The lowest BCUT2D eigenvalue weighted by Crippen LogP contribution is -2.26. The van der Waals surface area contributed by atoms with Crippen LogP contribution in [0, 0.1) is 6.92 Å². The number of benzene rings is 1. The highest BCUT2D eigenvalue weighted by molar-refractivity contribution is 7.89. The first-order valence-corrected chi connectivity index (χ1v) is 8.00. The van der Waals surface area contributed by atoms with Gasteiger partial charge in [-0.1, -0.05) is 35.9 Å². The lowest BCUT2D eigenvalue weighted by molar-refractivity contribution is 0.581. The van der Waals surface area contributed by atoms with E-state index in [1.165, 1.54) is 18.5 Å². The first-order valence-electron chi connectivity index (χ1n) is 6.14. The van der Waals surface area contributed by atoms with Crippen LogP contribution in [-0.4, -0.2) is 19.9 Å². The first kappa shape index (κ1) is 15.0. The molecule has 2 rings (SSSR count). The van der Waals surface area contributed by atoms with E-state index in [0.29, 0.717) is 13.0 Å². The van der Waals surface area contributed by atoms with Crippen molar-refractivity contribution in [1.29, 1.82) is 0 Å². The number of aromatic nitrogens is 1.